The van der Waals surface area contributed by atoms with Gasteiger partial charge in [0.2, 0.25) is 0 Å². The maximum absolute atomic E-state index is 12.4. The summed E-state index contributed by atoms with van der Waals surface area (Å²) in [5.41, 5.74) is 4.09. The number of thioether (sulfide) groups is 1. The standard InChI is InChI=1S/C15H12OS3/c16-15-13(5-11-1-3-17-7-11)9-19-10-14(15)6-12-2-4-18-8-12/h1-8H,9-10H2/b13-5-,14-6-. The van der Waals surface area contributed by atoms with Crippen molar-refractivity contribution >= 4 is 52.4 Å². The zero-order chi connectivity index (χ0) is 13.1. The largest absolute Gasteiger partial charge is 0.289 e. The summed E-state index contributed by atoms with van der Waals surface area (Å²) in [6.07, 6.45) is 4.04. The van der Waals surface area contributed by atoms with Crippen molar-refractivity contribution in [2.75, 3.05) is 11.5 Å². The van der Waals surface area contributed by atoms with Crippen molar-refractivity contribution in [1.29, 1.82) is 0 Å². The number of hydrogen-bond acceptors (Lipinski definition) is 4. The molecule has 1 saturated heterocycles. The SMILES string of the molecule is O=C1/C(=C\c2ccsc2)CSC/C1=C/c1ccsc1. The molecule has 19 heavy (non-hydrogen) atoms. The van der Waals surface area contributed by atoms with Gasteiger partial charge in [-0.05, 0) is 56.9 Å². The molecule has 1 aliphatic heterocycles. The van der Waals surface area contributed by atoms with Crippen molar-refractivity contribution in [3.05, 3.63) is 55.9 Å². The second-order valence-electron chi connectivity index (χ2n) is 4.27. The van der Waals surface area contributed by atoms with Crippen LogP contribution in [0.1, 0.15) is 11.1 Å². The van der Waals surface area contributed by atoms with Crippen LogP contribution in [0.25, 0.3) is 12.2 Å². The highest BCUT2D eigenvalue weighted by molar-refractivity contribution is 7.99. The van der Waals surface area contributed by atoms with Gasteiger partial charge in [0.25, 0.3) is 0 Å². The molecule has 0 atom stereocenters. The minimum atomic E-state index is 0.205. The molecule has 0 amide bonds. The summed E-state index contributed by atoms with van der Waals surface area (Å²) in [5, 5.41) is 8.22. The van der Waals surface area contributed by atoms with Crippen molar-refractivity contribution in [3.8, 4) is 0 Å². The molecule has 0 unspecified atom stereocenters. The Kier molecular flexibility index (Phi) is 4.01. The molecular formula is C15H12OS3. The smallest absolute Gasteiger partial charge is 0.186 e. The lowest BCUT2D eigenvalue weighted by atomic mass is 10.0. The molecule has 0 spiro atoms. The van der Waals surface area contributed by atoms with Gasteiger partial charge in [0.05, 0.1) is 0 Å². The van der Waals surface area contributed by atoms with Crippen LogP contribution in [0.4, 0.5) is 0 Å². The van der Waals surface area contributed by atoms with Gasteiger partial charge < -0.3 is 0 Å². The fourth-order valence-electron chi connectivity index (χ4n) is 1.94. The van der Waals surface area contributed by atoms with Crippen molar-refractivity contribution in [2.24, 2.45) is 0 Å². The highest BCUT2D eigenvalue weighted by Crippen LogP contribution is 2.27. The van der Waals surface area contributed by atoms with Crippen molar-refractivity contribution in [1.82, 2.24) is 0 Å². The predicted molar refractivity (Wildman–Crippen MR) is 86.9 cm³/mol. The Morgan fingerprint density at radius 2 is 1.42 bits per heavy atom. The molecule has 2 aromatic heterocycles. The van der Waals surface area contributed by atoms with E-state index in [-0.39, 0.29) is 5.78 Å². The molecule has 0 aromatic carbocycles. The Balaban J connectivity index is 1.87. The summed E-state index contributed by atoms with van der Waals surface area (Å²) in [6, 6.07) is 4.10. The number of carbonyl (C=O) groups is 1. The van der Waals surface area contributed by atoms with E-state index < -0.39 is 0 Å². The normalized spacial score (nSPS) is 20.3. The summed E-state index contributed by atoms with van der Waals surface area (Å²) < 4.78 is 0. The van der Waals surface area contributed by atoms with E-state index in [0.29, 0.717) is 0 Å². The highest BCUT2D eigenvalue weighted by Gasteiger charge is 2.20. The number of thiophene rings is 2. The maximum atomic E-state index is 12.4. The molecule has 0 aliphatic carbocycles. The molecule has 0 bridgehead atoms. The number of ketones is 1. The van der Waals surface area contributed by atoms with Crippen molar-refractivity contribution in [3.63, 3.8) is 0 Å². The van der Waals surface area contributed by atoms with E-state index in [0.717, 1.165) is 33.8 Å². The third-order valence-electron chi connectivity index (χ3n) is 2.87. The lowest BCUT2D eigenvalue weighted by Crippen LogP contribution is -2.15. The first-order chi connectivity index (χ1) is 9.33. The van der Waals surface area contributed by atoms with Gasteiger partial charge in [0, 0.05) is 22.7 Å². The quantitative estimate of drug-likeness (QED) is 0.755. The maximum Gasteiger partial charge on any atom is 0.186 e. The lowest BCUT2D eigenvalue weighted by molar-refractivity contribution is -0.112. The van der Waals surface area contributed by atoms with E-state index in [9.17, 15) is 4.79 Å². The molecular weight excluding hydrogens is 292 g/mol. The molecule has 0 N–H and O–H groups in total. The molecule has 1 nitrogen and oxygen atoms in total. The van der Waals surface area contributed by atoms with E-state index in [1.165, 1.54) is 0 Å². The molecule has 96 valence electrons. The summed E-state index contributed by atoms with van der Waals surface area (Å²) in [6.45, 7) is 0. The molecule has 2 aromatic rings. The highest BCUT2D eigenvalue weighted by atomic mass is 32.2. The van der Waals surface area contributed by atoms with E-state index in [2.05, 4.69) is 10.8 Å². The molecule has 4 heteroatoms. The van der Waals surface area contributed by atoms with E-state index in [1.807, 2.05) is 46.8 Å². The van der Waals surface area contributed by atoms with Gasteiger partial charge in [-0.3, -0.25) is 4.79 Å². The summed E-state index contributed by atoms with van der Waals surface area (Å²) in [7, 11) is 0. The zero-order valence-electron chi connectivity index (χ0n) is 10.2. The second-order valence-corrected chi connectivity index (χ2v) is 6.82. The Bertz CT molecular complexity index is 564. The van der Waals surface area contributed by atoms with E-state index in [4.69, 9.17) is 0 Å². The van der Waals surface area contributed by atoms with Crippen LogP contribution in [0, 0.1) is 0 Å². The fraction of sp³-hybridized carbons (Fsp3) is 0.133. The van der Waals surface area contributed by atoms with Gasteiger partial charge in [-0.25, -0.2) is 0 Å². The zero-order valence-corrected chi connectivity index (χ0v) is 12.6. The number of carbonyl (C=O) groups excluding carboxylic acids is 1. The van der Waals surface area contributed by atoms with Gasteiger partial charge >= 0.3 is 0 Å². The van der Waals surface area contributed by atoms with Crippen LogP contribution in [0.2, 0.25) is 0 Å². The number of rotatable bonds is 2. The Labute approximate surface area is 124 Å². The Morgan fingerprint density at radius 1 is 0.895 bits per heavy atom. The molecule has 1 aliphatic rings. The van der Waals surface area contributed by atoms with Crippen molar-refractivity contribution in [2.45, 2.75) is 0 Å². The fourth-order valence-corrected chi connectivity index (χ4v) is 4.15. The van der Waals surface area contributed by atoms with E-state index >= 15 is 0 Å². The molecule has 1 fully saturated rings. The summed E-state index contributed by atoms with van der Waals surface area (Å²) in [4.78, 5) is 12.4. The van der Waals surface area contributed by atoms with Crippen LogP contribution < -0.4 is 0 Å². The second kappa shape index (κ2) is 5.90. The van der Waals surface area contributed by atoms with Crippen molar-refractivity contribution < 1.29 is 4.79 Å². The third kappa shape index (κ3) is 3.08. The minimum absolute atomic E-state index is 0.205. The van der Waals surface area contributed by atoms with E-state index in [1.54, 1.807) is 22.7 Å². The van der Waals surface area contributed by atoms with Crippen LogP contribution in [-0.4, -0.2) is 17.3 Å². The predicted octanol–water partition coefficient (Wildman–Crippen LogP) is 4.59. The third-order valence-corrected chi connectivity index (χ3v) is 5.30. The summed E-state index contributed by atoms with van der Waals surface area (Å²) in [5.74, 6) is 1.84. The van der Waals surface area contributed by atoms with Gasteiger partial charge in [-0.15, -0.1) is 0 Å². The minimum Gasteiger partial charge on any atom is -0.289 e. The summed E-state index contributed by atoms with van der Waals surface area (Å²) >= 11 is 5.12. The van der Waals surface area contributed by atoms with Gasteiger partial charge in [0.1, 0.15) is 0 Å². The monoisotopic (exact) mass is 304 g/mol. The van der Waals surface area contributed by atoms with Gasteiger partial charge in [-0.2, -0.15) is 34.4 Å². The topological polar surface area (TPSA) is 17.1 Å². The van der Waals surface area contributed by atoms with Crippen LogP contribution in [0.15, 0.2) is 44.8 Å². The lowest BCUT2D eigenvalue weighted by Gasteiger charge is -2.15. The van der Waals surface area contributed by atoms with Crippen LogP contribution in [-0.2, 0) is 4.79 Å². The first-order valence-corrected chi connectivity index (χ1v) is 8.95. The van der Waals surface area contributed by atoms with Gasteiger partial charge in [-0.1, -0.05) is 0 Å². The first kappa shape index (κ1) is 12.9. The average molecular weight is 304 g/mol. The van der Waals surface area contributed by atoms with Crippen LogP contribution >= 0.6 is 34.4 Å². The van der Waals surface area contributed by atoms with Crippen LogP contribution in [0.5, 0.6) is 0 Å². The Morgan fingerprint density at radius 3 is 1.84 bits per heavy atom. The van der Waals surface area contributed by atoms with Crippen LogP contribution in [0.3, 0.4) is 0 Å². The molecule has 3 heterocycles. The molecule has 3 rings (SSSR count). The molecule has 0 radical (unpaired) electrons. The van der Waals surface area contributed by atoms with Gasteiger partial charge in [0.15, 0.2) is 5.78 Å². The Hall–Kier alpha value is -1.10. The molecule has 0 saturated carbocycles. The first-order valence-electron chi connectivity index (χ1n) is 5.91. The number of hydrogen-bond donors (Lipinski definition) is 0. The number of Topliss-reactive ketones (excluding diaryl/α,β-unsaturated/α-hetero) is 1. The average Bonchev–Trinajstić information content (AvgIpc) is 3.07.